The summed E-state index contributed by atoms with van der Waals surface area (Å²) >= 11 is 6.08. The highest BCUT2D eigenvalue weighted by Crippen LogP contribution is 2.30. The van der Waals surface area contributed by atoms with Crippen molar-refractivity contribution in [1.82, 2.24) is 0 Å². The topological polar surface area (TPSA) is 50.4 Å². The molecular formula is C18H21ClN2O2. The van der Waals surface area contributed by atoms with Gasteiger partial charge in [0.2, 0.25) is 5.91 Å². The molecule has 0 unspecified atom stereocenters. The largest absolute Gasteiger partial charge is 0.495 e. The van der Waals surface area contributed by atoms with E-state index in [9.17, 15) is 4.79 Å². The van der Waals surface area contributed by atoms with Crippen LogP contribution in [0.15, 0.2) is 30.3 Å². The van der Waals surface area contributed by atoms with Gasteiger partial charge in [-0.05, 0) is 49.6 Å². The van der Waals surface area contributed by atoms with Crippen LogP contribution in [-0.2, 0) is 4.79 Å². The summed E-state index contributed by atoms with van der Waals surface area (Å²) in [6, 6.07) is 9.45. The molecule has 2 aromatic carbocycles. The Kier molecular flexibility index (Phi) is 5.50. The Labute approximate surface area is 141 Å². The van der Waals surface area contributed by atoms with Gasteiger partial charge in [0.25, 0.3) is 0 Å². The number of halogens is 1. The number of ether oxygens (including phenoxy) is 1. The van der Waals surface area contributed by atoms with Crippen molar-refractivity contribution in [3.8, 4) is 5.75 Å². The molecule has 0 fully saturated rings. The monoisotopic (exact) mass is 332 g/mol. The molecule has 0 bridgehead atoms. The molecule has 0 heterocycles. The summed E-state index contributed by atoms with van der Waals surface area (Å²) in [5, 5.41) is 6.64. The summed E-state index contributed by atoms with van der Waals surface area (Å²) in [6.07, 6.45) is 0. The fourth-order valence-corrected chi connectivity index (χ4v) is 2.38. The molecule has 0 spiro atoms. The minimum absolute atomic E-state index is 0.117. The molecule has 2 rings (SSSR count). The lowest BCUT2D eigenvalue weighted by atomic mass is 10.1. The Bertz CT molecular complexity index is 729. The molecule has 0 aromatic heterocycles. The average Bonchev–Trinajstić information content (AvgIpc) is 2.52. The summed E-state index contributed by atoms with van der Waals surface area (Å²) in [5.74, 6) is 0.494. The molecule has 4 nitrogen and oxygen atoms in total. The summed E-state index contributed by atoms with van der Waals surface area (Å²) < 4.78 is 5.29. The van der Waals surface area contributed by atoms with E-state index in [1.165, 1.54) is 0 Å². The molecule has 5 heteroatoms. The zero-order chi connectivity index (χ0) is 17.0. The smallest absolute Gasteiger partial charge is 0.243 e. The van der Waals surface area contributed by atoms with E-state index in [0.29, 0.717) is 10.8 Å². The minimum atomic E-state index is -0.117. The number of hydrogen-bond acceptors (Lipinski definition) is 3. The quantitative estimate of drug-likeness (QED) is 0.857. The van der Waals surface area contributed by atoms with Crippen LogP contribution >= 0.6 is 11.6 Å². The Balaban J connectivity index is 2.05. The van der Waals surface area contributed by atoms with Gasteiger partial charge in [-0.25, -0.2) is 0 Å². The number of methoxy groups -OCH3 is 1. The second-order valence-electron chi connectivity index (χ2n) is 5.45. The minimum Gasteiger partial charge on any atom is -0.495 e. The second-order valence-corrected chi connectivity index (χ2v) is 5.86. The number of nitrogens with one attached hydrogen (secondary N) is 2. The van der Waals surface area contributed by atoms with Gasteiger partial charge in [0, 0.05) is 16.8 Å². The molecule has 0 saturated carbocycles. The lowest BCUT2D eigenvalue weighted by molar-refractivity contribution is -0.114. The first-order valence-corrected chi connectivity index (χ1v) is 7.74. The predicted molar refractivity (Wildman–Crippen MR) is 95.8 cm³/mol. The van der Waals surface area contributed by atoms with Crippen LogP contribution in [0.5, 0.6) is 5.75 Å². The van der Waals surface area contributed by atoms with Gasteiger partial charge < -0.3 is 15.4 Å². The van der Waals surface area contributed by atoms with Gasteiger partial charge in [0.05, 0.1) is 19.3 Å². The van der Waals surface area contributed by atoms with Crippen molar-refractivity contribution in [1.29, 1.82) is 0 Å². The van der Waals surface area contributed by atoms with Crippen LogP contribution < -0.4 is 15.4 Å². The van der Waals surface area contributed by atoms with Crippen molar-refractivity contribution in [3.05, 3.63) is 52.0 Å². The highest BCUT2D eigenvalue weighted by Gasteiger charge is 2.10. The normalized spacial score (nSPS) is 10.3. The van der Waals surface area contributed by atoms with Crippen molar-refractivity contribution < 1.29 is 9.53 Å². The standard InChI is InChI=1S/C18H21ClN2O2/c1-11-6-5-7-15(13(11)3)21-18(22)10-20-16-8-12(2)14(19)9-17(16)23-4/h5-9,20H,10H2,1-4H3,(H,21,22). The van der Waals surface area contributed by atoms with Gasteiger partial charge >= 0.3 is 0 Å². The summed E-state index contributed by atoms with van der Waals surface area (Å²) in [7, 11) is 1.57. The summed E-state index contributed by atoms with van der Waals surface area (Å²) in [5.41, 5.74) is 4.71. The molecule has 0 saturated heterocycles. The number of anilines is 2. The van der Waals surface area contributed by atoms with Gasteiger partial charge in [-0.1, -0.05) is 23.7 Å². The van der Waals surface area contributed by atoms with E-state index in [1.807, 2.05) is 45.0 Å². The fraction of sp³-hybridized carbons (Fsp3) is 0.278. The lowest BCUT2D eigenvalue weighted by Crippen LogP contribution is -2.22. The number of amides is 1. The lowest BCUT2D eigenvalue weighted by Gasteiger charge is -2.14. The van der Waals surface area contributed by atoms with E-state index in [0.717, 1.165) is 28.1 Å². The highest BCUT2D eigenvalue weighted by molar-refractivity contribution is 6.31. The van der Waals surface area contributed by atoms with Crippen LogP contribution in [0, 0.1) is 20.8 Å². The third-order valence-corrected chi connectivity index (χ3v) is 4.21. The third-order valence-electron chi connectivity index (χ3n) is 3.80. The van der Waals surface area contributed by atoms with Gasteiger partial charge in [-0.3, -0.25) is 4.79 Å². The summed E-state index contributed by atoms with van der Waals surface area (Å²) in [6.45, 7) is 6.06. The molecule has 0 aliphatic carbocycles. The van der Waals surface area contributed by atoms with Crippen molar-refractivity contribution >= 4 is 28.9 Å². The Hall–Kier alpha value is -2.20. The Morgan fingerprint density at radius 3 is 2.57 bits per heavy atom. The fourth-order valence-electron chi connectivity index (χ4n) is 2.23. The molecular weight excluding hydrogens is 312 g/mol. The van der Waals surface area contributed by atoms with E-state index < -0.39 is 0 Å². The number of carbonyl (C=O) groups is 1. The first-order valence-electron chi connectivity index (χ1n) is 7.36. The Morgan fingerprint density at radius 2 is 1.87 bits per heavy atom. The van der Waals surface area contributed by atoms with Crippen molar-refractivity contribution in [3.63, 3.8) is 0 Å². The predicted octanol–water partition coefficient (Wildman–Crippen LogP) is 4.32. The molecule has 2 aromatic rings. The second kappa shape index (κ2) is 7.38. The molecule has 0 atom stereocenters. The zero-order valence-corrected chi connectivity index (χ0v) is 14.5. The maximum absolute atomic E-state index is 12.2. The third kappa shape index (κ3) is 4.17. The first-order chi connectivity index (χ1) is 10.9. The Morgan fingerprint density at radius 1 is 1.13 bits per heavy atom. The molecule has 0 aliphatic heterocycles. The van der Waals surface area contributed by atoms with E-state index in [4.69, 9.17) is 16.3 Å². The van der Waals surface area contributed by atoms with E-state index in [-0.39, 0.29) is 12.5 Å². The molecule has 23 heavy (non-hydrogen) atoms. The van der Waals surface area contributed by atoms with Crippen LogP contribution in [0.4, 0.5) is 11.4 Å². The van der Waals surface area contributed by atoms with Crippen molar-refractivity contribution in [2.45, 2.75) is 20.8 Å². The number of carbonyl (C=O) groups excluding carboxylic acids is 1. The maximum atomic E-state index is 12.2. The van der Waals surface area contributed by atoms with Crippen LogP contribution in [0.3, 0.4) is 0 Å². The van der Waals surface area contributed by atoms with E-state index in [1.54, 1.807) is 13.2 Å². The van der Waals surface area contributed by atoms with Crippen LogP contribution in [0.25, 0.3) is 0 Å². The van der Waals surface area contributed by atoms with Gasteiger partial charge in [0.15, 0.2) is 0 Å². The molecule has 2 N–H and O–H groups in total. The molecule has 122 valence electrons. The molecule has 0 aliphatic rings. The van der Waals surface area contributed by atoms with Crippen LogP contribution in [-0.4, -0.2) is 19.6 Å². The number of rotatable bonds is 5. The van der Waals surface area contributed by atoms with Crippen LogP contribution in [0.1, 0.15) is 16.7 Å². The number of benzene rings is 2. The highest BCUT2D eigenvalue weighted by atomic mass is 35.5. The number of hydrogen-bond donors (Lipinski definition) is 2. The first kappa shape index (κ1) is 17.2. The SMILES string of the molecule is COc1cc(Cl)c(C)cc1NCC(=O)Nc1cccc(C)c1C. The summed E-state index contributed by atoms with van der Waals surface area (Å²) in [4.78, 5) is 12.2. The van der Waals surface area contributed by atoms with Crippen molar-refractivity contribution in [2.24, 2.45) is 0 Å². The van der Waals surface area contributed by atoms with Gasteiger partial charge in [-0.15, -0.1) is 0 Å². The van der Waals surface area contributed by atoms with Gasteiger partial charge in [0.1, 0.15) is 5.75 Å². The van der Waals surface area contributed by atoms with E-state index >= 15 is 0 Å². The molecule has 0 radical (unpaired) electrons. The number of aryl methyl sites for hydroxylation is 2. The van der Waals surface area contributed by atoms with Gasteiger partial charge in [-0.2, -0.15) is 0 Å². The van der Waals surface area contributed by atoms with Crippen LogP contribution in [0.2, 0.25) is 5.02 Å². The average molecular weight is 333 g/mol. The zero-order valence-electron chi connectivity index (χ0n) is 13.8. The van der Waals surface area contributed by atoms with Crippen molar-refractivity contribution in [2.75, 3.05) is 24.3 Å². The molecule has 1 amide bonds. The van der Waals surface area contributed by atoms with E-state index in [2.05, 4.69) is 10.6 Å². The maximum Gasteiger partial charge on any atom is 0.243 e.